The van der Waals surface area contributed by atoms with Crippen molar-refractivity contribution in [2.75, 3.05) is 5.32 Å². The van der Waals surface area contributed by atoms with Gasteiger partial charge in [0.05, 0.1) is 11.4 Å². The van der Waals surface area contributed by atoms with Gasteiger partial charge in [-0.1, -0.05) is 34.6 Å². The largest absolute Gasteiger partial charge is 0.321 e. The molecule has 33 heavy (non-hydrogen) atoms. The quantitative estimate of drug-likeness (QED) is 0.291. The van der Waals surface area contributed by atoms with E-state index in [0.29, 0.717) is 21.6 Å². The van der Waals surface area contributed by atoms with Crippen molar-refractivity contribution in [3.05, 3.63) is 87.5 Å². The van der Waals surface area contributed by atoms with E-state index in [1.165, 1.54) is 11.8 Å². The van der Waals surface area contributed by atoms with Gasteiger partial charge < -0.3 is 5.32 Å². The van der Waals surface area contributed by atoms with Crippen molar-refractivity contribution < 1.29 is 4.79 Å². The second-order valence-electron chi connectivity index (χ2n) is 7.83. The van der Waals surface area contributed by atoms with Gasteiger partial charge in [0.25, 0.3) is 5.91 Å². The van der Waals surface area contributed by atoms with E-state index in [4.69, 9.17) is 11.6 Å². The summed E-state index contributed by atoms with van der Waals surface area (Å²) in [6.07, 6.45) is 0. The van der Waals surface area contributed by atoms with E-state index in [1.807, 2.05) is 58.0 Å². The molecule has 0 unspecified atom stereocenters. The standard InChI is InChI=1S/C24H23ClN6OS/c1-14-9-15(2)11-19(10-14)28-23(32)22-21(13-33-24-26-16(3)12-17(4)27-24)31(30-29-22)20-7-5-18(25)6-8-20/h5-12H,13H2,1-4H3,(H,28,32). The predicted molar refractivity (Wildman–Crippen MR) is 131 cm³/mol. The number of amides is 1. The number of anilines is 1. The minimum Gasteiger partial charge on any atom is -0.321 e. The molecule has 4 rings (SSSR count). The highest BCUT2D eigenvalue weighted by molar-refractivity contribution is 7.98. The van der Waals surface area contributed by atoms with Gasteiger partial charge in [-0.2, -0.15) is 0 Å². The van der Waals surface area contributed by atoms with Crippen LogP contribution in [0.15, 0.2) is 53.7 Å². The van der Waals surface area contributed by atoms with Gasteiger partial charge in [0.1, 0.15) is 0 Å². The van der Waals surface area contributed by atoms with Crippen molar-refractivity contribution in [2.45, 2.75) is 38.6 Å². The molecule has 0 aliphatic carbocycles. The summed E-state index contributed by atoms with van der Waals surface area (Å²) in [5.41, 5.74) is 6.29. The molecule has 0 saturated heterocycles. The molecule has 0 radical (unpaired) electrons. The minimum absolute atomic E-state index is 0.251. The van der Waals surface area contributed by atoms with Gasteiger partial charge in [0.15, 0.2) is 10.9 Å². The Hall–Kier alpha value is -3.23. The van der Waals surface area contributed by atoms with E-state index in [9.17, 15) is 4.79 Å². The number of hydrogen-bond donors (Lipinski definition) is 1. The molecule has 0 spiro atoms. The lowest BCUT2D eigenvalue weighted by Crippen LogP contribution is -2.15. The highest BCUT2D eigenvalue weighted by atomic mass is 35.5. The maximum absolute atomic E-state index is 13.2. The van der Waals surface area contributed by atoms with Gasteiger partial charge in [0, 0.05) is 27.9 Å². The number of nitrogens with one attached hydrogen (secondary N) is 1. The number of carbonyl (C=O) groups excluding carboxylic acids is 1. The predicted octanol–water partition coefficient (Wildman–Crippen LogP) is 5.49. The number of carbonyl (C=O) groups is 1. The monoisotopic (exact) mass is 478 g/mol. The average molecular weight is 479 g/mol. The fraction of sp³-hybridized carbons (Fsp3) is 0.208. The van der Waals surface area contributed by atoms with Crippen LogP contribution < -0.4 is 5.32 Å². The molecule has 2 aromatic carbocycles. The number of benzene rings is 2. The zero-order chi connectivity index (χ0) is 23.5. The third-order valence-corrected chi connectivity index (χ3v) is 5.94. The first-order valence-corrected chi connectivity index (χ1v) is 11.7. The van der Waals surface area contributed by atoms with Crippen LogP contribution in [0.3, 0.4) is 0 Å². The summed E-state index contributed by atoms with van der Waals surface area (Å²) in [7, 11) is 0. The normalized spacial score (nSPS) is 10.9. The number of nitrogens with zero attached hydrogens (tertiary/aromatic N) is 5. The number of halogens is 1. The van der Waals surface area contributed by atoms with Gasteiger partial charge in [-0.15, -0.1) is 5.10 Å². The topological polar surface area (TPSA) is 85.6 Å². The molecule has 2 aromatic heterocycles. The number of hydrogen-bond acceptors (Lipinski definition) is 6. The van der Waals surface area contributed by atoms with Gasteiger partial charge in [0.2, 0.25) is 0 Å². The lowest BCUT2D eigenvalue weighted by Gasteiger charge is -2.10. The number of aromatic nitrogens is 5. The molecule has 9 heteroatoms. The Bertz CT molecular complexity index is 1280. The minimum atomic E-state index is -0.322. The molecule has 1 amide bonds. The third-order valence-electron chi connectivity index (χ3n) is 4.83. The van der Waals surface area contributed by atoms with Crippen LogP contribution in [0.1, 0.15) is 38.7 Å². The zero-order valence-corrected chi connectivity index (χ0v) is 20.3. The summed E-state index contributed by atoms with van der Waals surface area (Å²) < 4.78 is 1.66. The molecular formula is C24H23ClN6OS. The van der Waals surface area contributed by atoms with Crippen LogP contribution in [-0.4, -0.2) is 30.9 Å². The van der Waals surface area contributed by atoms with Crippen LogP contribution in [0.4, 0.5) is 5.69 Å². The Morgan fingerprint density at radius 3 is 2.24 bits per heavy atom. The molecule has 2 heterocycles. The van der Waals surface area contributed by atoms with E-state index in [1.54, 1.807) is 16.8 Å². The van der Waals surface area contributed by atoms with Crippen LogP contribution in [0.25, 0.3) is 5.69 Å². The first-order chi connectivity index (χ1) is 15.8. The van der Waals surface area contributed by atoms with Crippen molar-refractivity contribution in [1.82, 2.24) is 25.0 Å². The van der Waals surface area contributed by atoms with E-state index in [2.05, 4.69) is 31.7 Å². The Labute approximate surface area is 201 Å². The second-order valence-corrected chi connectivity index (χ2v) is 9.20. The van der Waals surface area contributed by atoms with Gasteiger partial charge >= 0.3 is 0 Å². The third kappa shape index (κ3) is 5.58. The molecule has 168 valence electrons. The summed E-state index contributed by atoms with van der Waals surface area (Å²) in [6.45, 7) is 7.85. The van der Waals surface area contributed by atoms with Gasteiger partial charge in [-0.05, 0) is 81.3 Å². The molecule has 0 aliphatic heterocycles. The highest BCUT2D eigenvalue weighted by Crippen LogP contribution is 2.25. The molecule has 0 bridgehead atoms. The van der Waals surface area contributed by atoms with Crippen molar-refractivity contribution in [3.8, 4) is 5.69 Å². The van der Waals surface area contributed by atoms with Gasteiger partial charge in [-0.25, -0.2) is 14.6 Å². The van der Waals surface area contributed by atoms with Crippen LogP contribution in [0.2, 0.25) is 5.02 Å². The van der Waals surface area contributed by atoms with Crippen LogP contribution in [-0.2, 0) is 5.75 Å². The molecule has 0 fully saturated rings. The van der Waals surface area contributed by atoms with Crippen LogP contribution >= 0.6 is 23.4 Å². The molecule has 0 atom stereocenters. The van der Waals surface area contributed by atoms with Gasteiger partial charge in [-0.3, -0.25) is 4.79 Å². The van der Waals surface area contributed by atoms with Crippen molar-refractivity contribution in [1.29, 1.82) is 0 Å². The SMILES string of the molecule is Cc1cc(C)cc(NC(=O)c2nnn(-c3ccc(Cl)cc3)c2CSc2nc(C)cc(C)n2)c1. The summed E-state index contributed by atoms with van der Waals surface area (Å²) >= 11 is 7.48. The molecular weight excluding hydrogens is 456 g/mol. The summed E-state index contributed by atoms with van der Waals surface area (Å²) in [5, 5.41) is 12.7. The average Bonchev–Trinajstić information content (AvgIpc) is 3.15. The Morgan fingerprint density at radius 2 is 1.61 bits per heavy atom. The Kier molecular flexibility index (Phi) is 6.76. The fourth-order valence-corrected chi connectivity index (χ4v) is 4.59. The highest BCUT2D eigenvalue weighted by Gasteiger charge is 2.22. The summed E-state index contributed by atoms with van der Waals surface area (Å²) in [5.74, 6) is 0.0888. The fourth-order valence-electron chi connectivity index (χ4n) is 3.53. The van der Waals surface area contributed by atoms with Crippen molar-refractivity contribution in [3.63, 3.8) is 0 Å². The number of rotatable bonds is 6. The van der Waals surface area contributed by atoms with Crippen LogP contribution in [0.5, 0.6) is 0 Å². The maximum Gasteiger partial charge on any atom is 0.278 e. The van der Waals surface area contributed by atoms with Crippen molar-refractivity contribution in [2.24, 2.45) is 0 Å². The lowest BCUT2D eigenvalue weighted by atomic mass is 10.1. The summed E-state index contributed by atoms with van der Waals surface area (Å²) in [6, 6.07) is 15.0. The lowest BCUT2D eigenvalue weighted by molar-refractivity contribution is 0.102. The van der Waals surface area contributed by atoms with E-state index in [-0.39, 0.29) is 11.6 Å². The molecule has 4 aromatic rings. The maximum atomic E-state index is 13.2. The first-order valence-electron chi connectivity index (χ1n) is 10.3. The van der Waals surface area contributed by atoms with E-state index >= 15 is 0 Å². The Balaban J connectivity index is 1.68. The molecule has 0 saturated carbocycles. The summed E-state index contributed by atoms with van der Waals surface area (Å²) in [4.78, 5) is 22.2. The van der Waals surface area contributed by atoms with E-state index in [0.717, 1.165) is 33.9 Å². The van der Waals surface area contributed by atoms with Crippen LogP contribution in [0, 0.1) is 27.7 Å². The molecule has 0 aliphatic rings. The number of aryl methyl sites for hydroxylation is 4. The molecule has 7 nitrogen and oxygen atoms in total. The Morgan fingerprint density at radius 1 is 0.970 bits per heavy atom. The second kappa shape index (κ2) is 9.72. The van der Waals surface area contributed by atoms with Crippen molar-refractivity contribution >= 4 is 35.0 Å². The first kappa shape index (κ1) is 22.9. The smallest absolute Gasteiger partial charge is 0.278 e. The van der Waals surface area contributed by atoms with E-state index < -0.39 is 0 Å². The molecule has 1 N–H and O–H groups in total. The number of thioether (sulfide) groups is 1. The zero-order valence-electron chi connectivity index (χ0n) is 18.8.